The van der Waals surface area contributed by atoms with Crippen LogP contribution >= 0.6 is 0 Å². The van der Waals surface area contributed by atoms with Crippen LogP contribution in [-0.2, 0) is 0 Å². The second kappa shape index (κ2) is 5.34. The minimum Gasteiger partial charge on any atom is -0.305 e. The summed E-state index contributed by atoms with van der Waals surface area (Å²) in [5.74, 6) is -3.57. The molecule has 0 saturated heterocycles. The molecule has 0 spiro atoms. The highest BCUT2D eigenvalue weighted by atomic mass is 19.1. The van der Waals surface area contributed by atoms with Gasteiger partial charge in [-0.15, -0.1) is 0 Å². The number of nitro benzene ring substituents is 1. The summed E-state index contributed by atoms with van der Waals surface area (Å²) in [5, 5.41) is 12.7. The van der Waals surface area contributed by atoms with Gasteiger partial charge < -0.3 is 5.32 Å². The van der Waals surface area contributed by atoms with E-state index in [1.54, 1.807) is 0 Å². The second-order valence-corrected chi connectivity index (χ2v) is 3.59. The number of rotatable bonds is 3. The number of hydrogen-bond acceptors (Lipinski definition) is 5. The fraction of sp³-hybridized carbons (Fsp3) is 0. The third-order valence-corrected chi connectivity index (χ3v) is 2.26. The van der Waals surface area contributed by atoms with Gasteiger partial charge >= 0.3 is 5.69 Å². The Morgan fingerprint density at radius 2 is 2.05 bits per heavy atom. The molecule has 7 nitrogen and oxygen atoms in total. The van der Waals surface area contributed by atoms with Crippen LogP contribution in [0.15, 0.2) is 30.7 Å². The average molecular weight is 280 g/mol. The monoisotopic (exact) mass is 280 g/mol. The summed E-state index contributed by atoms with van der Waals surface area (Å²) in [6.07, 6.45) is 3.81. The quantitative estimate of drug-likeness (QED) is 0.684. The molecule has 102 valence electrons. The van der Waals surface area contributed by atoms with Crippen LogP contribution in [0, 0.1) is 21.7 Å². The van der Waals surface area contributed by atoms with E-state index in [-0.39, 0.29) is 5.82 Å². The van der Waals surface area contributed by atoms with Gasteiger partial charge in [-0.1, -0.05) is 0 Å². The first kappa shape index (κ1) is 13.5. The van der Waals surface area contributed by atoms with Gasteiger partial charge in [0.1, 0.15) is 5.82 Å². The molecule has 0 saturated carbocycles. The minimum absolute atomic E-state index is 0.00353. The first-order valence-electron chi connectivity index (χ1n) is 5.20. The van der Waals surface area contributed by atoms with Gasteiger partial charge in [0.05, 0.1) is 22.7 Å². The third kappa shape index (κ3) is 2.71. The molecule has 0 aliphatic rings. The minimum atomic E-state index is -1.42. The van der Waals surface area contributed by atoms with E-state index in [0.29, 0.717) is 12.1 Å². The average Bonchev–Trinajstić information content (AvgIpc) is 2.41. The Bertz CT molecular complexity index is 679. The largest absolute Gasteiger partial charge is 0.308 e. The molecule has 1 aromatic carbocycles. The maximum atomic E-state index is 13.8. The van der Waals surface area contributed by atoms with Crippen LogP contribution in [0.1, 0.15) is 10.4 Å². The SMILES string of the molecule is O=C(Nc1cnccn1)c1cc(F)cc([N+](=O)[O-])c1F. The third-order valence-electron chi connectivity index (χ3n) is 2.26. The Balaban J connectivity index is 2.37. The summed E-state index contributed by atoms with van der Waals surface area (Å²) in [6.45, 7) is 0. The van der Waals surface area contributed by atoms with Crippen LogP contribution in [-0.4, -0.2) is 20.8 Å². The van der Waals surface area contributed by atoms with E-state index < -0.39 is 33.7 Å². The number of hydrogen-bond donors (Lipinski definition) is 1. The van der Waals surface area contributed by atoms with Crippen molar-refractivity contribution in [2.45, 2.75) is 0 Å². The van der Waals surface area contributed by atoms with Gasteiger partial charge in [-0.25, -0.2) is 9.37 Å². The van der Waals surface area contributed by atoms with Crippen molar-refractivity contribution in [1.29, 1.82) is 0 Å². The summed E-state index contributed by atoms with van der Waals surface area (Å²) < 4.78 is 26.9. The molecular weight excluding hydrogens is 274 g/mol. The number of aromatic nitrogens is 2. The lowest BCUT2D eigenvalue weighted by molar-refractivity contribution is -0.387. The lowest BCUT2D eigenvalue weighted by Gasteiger charge is -2.05. The zero-order valence-electron chi connectivity index (χ0n) is 9.71. The van der Waals surface area contributed by atoms with E-state index in [0.717, 1.165) is 0 Å². The van der Waals surface area contributed by atoms with Crippen molar-refractivity contribution in [2.24, 2.45) is 0 Å². The predicted octanol–water partition coefficient (Wildman–Crippen LogP) is 1.92. The van der Waals surface area contributed by atoms with Gasteiger partial charge in [-0.2, -0.15) is 4.39 Å². The Kier molecular flexibility index (Phi) is 3.60. The topological polar surface area (TPSA) is 98.0 Å². The van der Waals surface area contributed by atoms with Gasteiger partial charge in [0.2, 0.25) is 5.82 Å². The molecule has 0 aliphatic carbocycles. The molecule has 1 aromatic heterocycles. The summed E-state index contributed by atoms with van der Waals surface area (Å²) in [4.78, 5) is 28.6. The molecule has 2 rings (SSSR count). The van der Waals surface area contributed by atoms with Gasteiger partial charge in [0.25, 0.3) is 5.91 Å². The summed E-state index contributed by atoms with van der Waals surface area (Å²) in [6, 6.07) is 0.961. The molecule has 0 fully saturated rings. The molecule has 20 heavy (non-hydrogen) atoms. The van der Waals surface area contributed by atoms with Crippen molar-refractivity contribution in [3.8, 4) is 0 Å². The van der Waals surface area contributed by atoms with E-state index >= 15 is 0 Å². The van der Waals surface area contributed by atoms with Crippen molar-refractivity contribution in [3.63, 3.8) is 0 Å². The number of carbonyl (C=O) groups excluding carboxylic acids is 1. The molecule has 0 aliphatic heterocycles. The Morgan fingerprint density at radius 1 is 1.30 bits per heavy atom. The molecule has 0 bridgehead atoms. The van der Waals surface area contributed by atoms with Crippen LogP contribution in [0.3, 0.4) is 0 Å². The van der Waals surface area contributed by atoms with Gasteiger partial charge in [0, 0.05) is 12.4 Å². The molecule has 0 atom stereocenters. The fourth-order valence-electron chi connectivity index (χ4n) is 1.42. The number of nitrogens with zero attached hydrogens (tertiary/aromatic N) is 3. The van der Waals surface area contributed by atoms with E-state index in [2.05, 4.69) is 15.3 Å². The normalized spacial score (nSPS) is 10.1. The molecule has 9 heteroatoms. The van der Waals surface area contributed by atoms with E-state index in [1.807, 2.05) is 0 Å². The van der Waals surface area contributed by atoms with Crippen molar-refractivity contribution in [3.05, 3.63) is 58.0 Å². The molecule has 1 amide bonds. The molecular formula is C11H6F2N4O3. The highest BCUT2D eigenvalue weighted by Gasteiger charge is 2.24. The van der Waals surface area contributed by atoms with E-state index in [4.69, 9.17) is 0 Å². The van der Waals surface area contributed by atoms with Gasteiger partial charge in [-0.05, 0) is 6.07 Å². The first-order chi connectivity index (χ1) is 9.49. The molecule has 1 N–H and O–H groups in total. The zero-order chi connectivity index (χ0) is 14.7. The number of carbonyl (C=O) groups is 1. The standard InChI is InChI=1S/C11H6F2N4O3/c12-6-3-7(10(13)8(4-6)17(19)20)11(18)16-9-5-14-1-2-15-9/h1-5H,(H,15,16,18). The van der Waals surface area contributed by atoms with Gasteiger partial charge in [-0.3, -0.25) is 19.9 Å². The molecule has 1 heterocycles. The molecule has 2 aromatic rings. The lowest BCUT2D eigenvalue weighted by Crippen LogP contribution is -2.16. The van der Waals surface area contributed by atoms with E-state index in [9.17, 15) is 23.7 Å². The summed E-state index contributed by atoms with van der Waals surface area (Å²) in [7, 11) is 0. The maximum Gasteiger partial charge on any atom is 0.308 e. The van der Waals surface area contributed by atoms with Crippen molar-refractivity contribution >= 4 is 17.4 Å². The van der Waals surface area contributed by atoms with Gasteiger partial charge in [0.15, 0.2) is 5.82 Å². The van der Waals surface area contributed by atoms with Crippen molar-refractivity contribution in [1.82, 2.24) is 9.97 Å². The number of benzene rings is 1. The number of nitrogens with one attached hydrogen (secondary N) is 1. The zero-order valence-corrected chi connectivity index (χ0v) is 9.71. The smallest absolute Gasteiger partial charge is 0.305 e. The maximum absolute atomic E-state index is 13.8. The van der Waals surface area contributed by atoms with Crippen LogP contribution in [0.2, 0.25) is 0 Å². The molecule has 0 radical (unpaired) electrons. The highest BCUT2D eigenvalue weighted by Crippen LogP contribution is 2.23. The number of halogens is 2. The number of nitro groups is 1. The Morgan fingerprint density at radius 3 is 2.65 bits per heavy atom. The summed E-state index contributed by atoms with van der Waals surface area (Å²) >= 11 is 0. The van der Waals surface area contributed by atoms with Crippen LogP contribution < -0.4 is 5.32 Å². The number of amides is 1. The fourth-order valence-corrected chi connectivity index (χ4v) is 1.42. The summed E-state index contributed by atoms with van der Waals surface area (Å²) in [5.41, 5.74) is -1.91. The highest BCUT2D eigenvalue weighted by molar-refractivity contribution is 6.04. The van der Waals surface area contributed by atoms with Crippen LogP contribution in [0.25, 0.3) is 0 Å². The van der Waals surface area contributed by atoms with E-state index in [1.165, 1.54) is 18.6 Å². The predicted molar refractivity (Wildman–Crippen MR) is 63.0 cm³/mol. The number of anilines is 1. The Hall–Kier alpha value is -2.97. The second-order valence-electron chi connectivity index (χ2n) is 3.59. The lowest BCUT2D eigenvalue weighted by atomic mass is 10.1. The van der Waals surface area contributed by atoms with Crippen molar-refractivity contribution < 1.29 is 18.5 Å². The van der Waals surface area contributed by atoms with Crippen LogP contribution in [0.4, 0.5) is 20.3 Å². The first-order valence-corrected chi connectivity index (χ1v) is 5.20. The van der Waals surface area contributed by atoms with Crippen molar-refractivity contribution in [2.75, 3.05) is 5.32 Å². The Labute approximate surface area is 110 Å². The molecule has 0 unspecified atom stereocenters. The van der Waals surface area contributed by atoms with Crippen LogP contribution in [0.5, 0.6) is 0 Å².